The molecule has 2 fully saturated rings. The summed E-state index contributed by atoms with van der Waals surface area (Å²) in [4.78, 5) is 34.8. The monoisotopic (exact) mass is 417 g/mol. The van der Waals surface area contributed by atoms with Gasteiger partial charge in [-0.2, -0.15) is 4.98 Å². The van der Waals surface area contributed by atoms with Gasteiger partial charge in [0.15, 0.2) is 0 Å². The van der Waals surface area contributed by atoms with Crippen LogP contribution >= 0.6 is 11.6 Å². The molecular weight excluding hydrogens is 394 g/mol. The first-order valence-electron chi connectivity index (χ1n) is 9.88. The number of amides is 2. The Hall–Kier alpha value is -2.45. The number of carbonyl (C=O) groups is 2. The lowest BCUT2D eigenvalue weighted by Gasteiger charge is -2.36. The second kappa shape index (κ2) is 8.51. The van der Waals surface area contributed by atoms with E-state index in [2.05, 4.69) is 15.0 Å². The van der Waals surface area contributed by atoms with Crippen molar-refractivity contribution < 1.29 is 14.1 Å². The largest absolute Gasteiger partial charge is 0.338 e. The Morgan fingerprint density at radius 2 is 1.86 bits per heavy atom. The molecule has 2 aromatic rings. The van der Waals surface area contributed by atoms with Crippen molar-refractivity contribution in [1.29, 1.82) is 0 Å². The van der Waals surface area contributed by atoms with E-state index in [1.807, 2.05) is 17.0 Å². The molecule has 2 amide bonds. The van der Waals surface area contributed by atoms with Gasteiger partial charge in [0.2, 0.25) is 23.5 Å². The summed E-state index contributed by atoms with van der Waals surface area (Å²) in [6.45, 7) is 5.50. The smallest absolute Gasteiger partial charge is 0.245 e. The molecule has 2 aliphatic heterocycles. The van der Waals surface area contributed by atoms with E-state index >= 15 is 0 Å². The van der Waals surface area contributed by atoms with Crippen LogP contribution in [0, 0.1) is 0 Å². The van der Waals surface area contributed by atoms with E-state index in [-0.39, 0.29) is 17.9 Å². The van der Waals surface area contributed by atoms with Crippen LogP contribution in [0.2, 0.25) is 5.02 Å². The summed E-state index contributed by atoms with van der Waals surface area (Å²) in [5.74, 6) is 1.14. The van der Waals surface area contributed by atoms with Gasteiger partial charge in [0, 0.05) is 50.2 Å². The molecule has 3 heterocycles. The molecule has 0 radical (unpaired) electrons. The van der Waals surface area contributed by atoms with Crippen molar-refractivity contribution >= 4 is 23.4 Å². The van der Waals surface area contributed by atoms with Crippen molar-refractivity contribution in [2.24, 2.45) is 0 Å². The van der Waals surface area contributed by atoms with Gasteiger partial charge in [0.05, 0.1) is 6.54 Å². The summed E-state index contributed by atoms with van der Waals surface area (Å²) in [5.41, 5.74) is 0.853. The van der Waals surface area contributed by atoms with Crippen molar-refractivity contribution in [2.75, 3.05) is 32.7 Å². The van der Waals surface area contributed by atoms with Crippen LogP contribution in [-0.2, 0) is 16.1 Å². The predicted octanol–water partition coefficient (Wildman–Crippen LogP) is 2.05. The van der Waals surface area contributed by atoms with Gasteiger partial charge >= 0.3 is 0 Å². The molecule has 2 saturated heterocycles. The molecule has 9 heteroatoms. The average Bonchev–Trinajstić information content (AvgIpc) is 3.38. The maximum absolute atomic E-state index is 12.8. The fourth-order valence-corrected chi connectivity index (χ4v) is 4.09. The second-order valence-electron chi connectivity index (χ2n) is 7.49. The fourth-order valence-electron chi connectivity index (χ4n) is 3.96. The zero-order valence-corrected chi connectivity index (χ0v) is 17.1. The number of hydrogen-bond acceptors (Lipinski definition) is 6. The van der Waals surface area contributed by atoms with E-state index in [0.29, 0.717) is 42.9 Å². The Balaban J connectivity index is 1.31. The Morgan fingerprint density at radius 3 is 2.55 bits per heavy atom. The van der Waals surface area contributed by atoms with Crippen LogP contribution in [0.5, 0.6) is 0 Å². The van der Waals surface area contributed by atoms with E-state index in [1.54, 1.807) is 17.0 Å². The van der Waals surface area contributed by atoms with Crippen LogP contribution in [0.15, 0.2) is 28.8 Å². The number of aromatic nitrogens is 2. The summed E-state index contributed by atoms with van der Waals surface area (Å²) in [6, 6.07) is 7.00. The highest BCUT2D eigenvalue weighted by atomic mass is 35.5. The Kier molecular flexibility index (Phi) is 5.82. The number of rotatable bonds is 4. The standard InChI is InChI=1S/C20H24ClN5O3/c1-14(27)26-8-2-3-17(26)20(28)25-11-9-24(10-12-25)13-18-22-19(23-29-18)15-4-6-16(21)7-5-15/h4-7,17H,2-3,8-13H2,1H3. The molecule has 1 atom stereocenters. The molecule has 1 unspecified atom stereocenters. The quantitative estimate of drug-likeness (QED) is 0.757. The molecule has 0 bridgehead atoms. The van der Waals surface area contributed by atoms with Crippen molar-refractivity contribution in [3.63, 3.8) is 0 Å². The van der Waals surface area contributed by atoms with Gasteiger partial charge < -0.3 is 14.3 Å². The van der Waals surface area contributed by atoms with Gasteiger partial charge in [-0.05, 0) is 37.1 Å². The van der Waals surface area contributed by atoms with Crippen LogP contribution < -0.4 is 0 Å². The van der Waals surface area contributed by atoms with Gasteiger partial charge in [-0.15, -0.1) is 0 Å². The highest BCUT2D eigenvalue weighted by molar-refractivity contribution is 6.30. The molecule has 2 aliphatic rings. The second-order valence-corrected chi connectivity index (χ2v) is 7.93. The predicted molar refractivity (Wildman–Crippen MR) is 107 cm³/mol. The molecule has 0 spiro atoms. The summed E-state index contributed by atoms with van der Waals surface area (Å²) in [5, 5.41) is 4.71. The van der Waals surface area contributed by atoms with Crippen LogP contribution in [0.1, 0.15) is 25.7 Å². The Morgan fingerprint density at radius 1 is 1.14 bits per heavy atom. The van der Waals surface area contributed by atoms with E-state index in [1.165, 1.54) is 6.92 Å². The minimum atomic E-state index is -0.295. The van der Waals surface area contributed by atoms with Gasteiger partial charge in [0.25, 0.3) is 0 Å². The lowest BCUT2D eigenvalue weighted by atomic mass is 10.1. The van der Waals surface area contributed by atoms with E-state index in [9.17, 15) is 9.59 Å². The minimum absolute atomic E-state index is 0.0210. The SMILES string of the molecule is CC(=O)N1CCCC1C(=O)N1CCN(Cc2nc(-c3ccc(Cl)cc3)no2)CC1. The minimum Gasteiger partial charge on any atom is -0.338 e. The molecule has 154 valence electrons. The van der Waals surface area contributed by atoms with Crippen LogP contribution in [0.4, 0.5) is 0 Å². The first kappa shape index (κ1) is 19.8. The Bertz CT molecular complexity index is 876. The normalized spacial score (nSPS) is 20.3. The first-order chi connectivity index (χ1) is 14.0. The molecule has 0 N–H and O–H groups in total. The van der Waals surface area contributed by atoms with E-state index in [4.69, 9.17) is 16.1 Å². The van der Waals surface area contributed by atoms with Crippen LogP contribution in [0.25, 0.3) is 11.4 Å². The first-order valence-corrected chi connectivity index (χ1v) is 10.3. The number of nitrogens with zero attached hydrogens (tertiary/aromatic N) is 5. The third kappa shape index (κ3) is 4.43. The number of carbonyl (C=O) groups excluding carboxylic acids is 2. The zero-order chi connectivity index (χ0) is 20.4. The highest BCUT2D eigenvalue weighted by Gasteiger charge is 2.36. The fraction of sp³-hybridized carbons (Fsp3) is 0.500. The van der Waals surface area contributed by atoms with Gasteiger partial charge in [-0.3, -0.25) is 14.5 Å². The molecule has 8 nitrogen and oxygen atoms in total. The van der Waals surface area contributed by atoms with Gasteiger partial charge in [-0.25, -0.2) is 0 Å². The molecule has 0 aliphatic carbocycles. The molecular formula is C20H24ClN5O3. The van der Waals surface area contributed by atoms with Crippen LogP contribution in [-0.4, -0.2) is 75.4 Å². The average molecular weight is 418 g/mol. The number of hydrogen-bond donors (Lipinski definition) is 0. The summed E-state index contributed by atoms with van der Waals surface area (Å²) < 4.78 is 5.39. The van der Waals surface area contributed by atoms with E-state index < -0.39 is 0 Å². The van der Waals surface area contributed by atoms with Crippen molar-refractivity contribution in [2.45, 2.75) is 32.4 Å². The maximum atomic E-state index is 12.8. The third-order valence-corrected chi connectivity index (χ3v) is 5.81. The molecule has 1 aromatic carbocycles. The van der Waals surface area contributed by atoms with Crippen LogP contribution in [0.3, 0.4) is 0 Å². The van der Waals surface area contributed by atoms with Crippen molar-refractivity contribution in [3.8, 4) is 11.4 Å². The third-order valence-electron chi connectivity index (χ3n) is 5.56. The lowest BCUT2D eigenvalue weighted by molar-refractivity contribution is -0.144. The Labute approximate surface area is 174 Å². The van der Waals surface area contributed by atoms with Crippen molar-refractivity contribution in [3.05, 3.63) is 35.2 Å². The number of benzene rings is 1. The maximum Gasteiger partial charge on any atom is 0.245 e. The summed E-state index contributed by atoms with van der Waals surface area (Å²) >= 11 is 5.91. The summed E-state index contributed by atoms with van der Waals surface area (Å²) in [7, 11) is 0. The molecule has 0 saturated carbocycles. The lowest BCUT2D eigenvalue weighted by Crippen LogP contribution is -2.54. The number of likely N-dealkylation sites (tertiary alicyclic amines) is 1. The van der Waals surface area contributed by atoms with Gasteiger partial charge in [0.1, 0.15) is 6.04 Å². The summed E-state index contributed by atoms with van der Waals surface area (Å²) in [6.07, 6.45) is 1.65. The molecule has 1 aromatic heterocycles. The number of piperazine rings is 1. The van der Waals surface area contributed by atoms with Gasteiger partial charge in [-0.1, -0.05) is 16.8 Å². The van der Waals surface area contributed by atoms with Crippen molar-refractivity contribution in [1.82, 2.24) is 24.8 Å². The van der Waals surface area contributed by atoms with E-state index in [0.717, 1.165) is 31.5 Å². The highest BCUT2D eigenvalue weighted by Crippen LogP contribution is 2.21. The molecule has 4 rings (SSSR count). The molecule has 29 heavy (non-hydrogen) atoms. The number of halogens is 1. The topological polar surface area (TPSA) is 82.8 Å². The zero-order valence-electron chi connectivity index (χ0n) is 16.4.